The third kappa shape index (κ3) is 8.71. The van der Waals surface area contributed by atoms with Gasteiger partial charge in [-0.1, -0.05) is 49.6 Å². The molecule has 0 saturated heterocycles. The Balaban J connectivity index is 1.47. The van der Waals surface area contributed by atoms with E-state index in [0.717, 1.165) is 38.5 Å². The highest BCUT2D eigenvalue weighted by Crippen LogP contribution is 2.23. The summed E-state index contributed by atoms with van der Waals surface area (Å²) in [5.41, 5.74) is 6.15. The molecule has 1 saturated carbocycles. The Morgan fingerprint density at radius 2 is 1.67 bits per heavy atom. The van der Waals surface area contributed by atoms with Crippen LogP contribution in [0.15, 0.2) is 30.3 Å². The minimum atomic E-state index is -0.290. The van der Waals surface area contributed by atoms with Crippen LogP contribution >= 0.6 is 0 Å². The lowest BCUT2D eigenvalue weighted by atomic mass is 9.89. The predicted molar refractivity (Wildman–Crippen MR) is 102 cm³/mol. The number of benzene rings is 1. The molecule has 0 unspecified atom stereocenters. The van der Waals surface area contributed by atoms with Crippen LogP contribution in [0.25, 0.3) is 0 Å². The summed E-state index contributed by atoms with van der Waals surface area (Å²) in [6, 6.07) is 10.1. The van der Waals surface area contributed by atoms with Crippen molar-refractivity contribution in [3.05, 3.63) is 35.9 Å². The van der Waals surface area contributed by atoms with Crippen molar-refractivity contribution < 1.29 is 19.1 Å². The second kappa shape index (κ2) is 12.1. The van der Waals surface area contributed by atoms with Crippen molar-refractivity contribution in [2.45, 2.75) is 64.2 Å². The van der Waals surface area contributed by atoms with Gasteiger partial charge in [0.15, 0.2) is 0 Å². The Labute approximate surface area is 161 Å². The quantitative estimate of drug-likeness (QED) is 0.395. The Morgan fingerprint density at radius 1 is 0.926 bits per heavy atom. The molecule has 2 N–H and O–H groups in total. The van der Waals surface area contributed by atoms with Crippen molar-refractivity contribution in [2.75, 3.05) is 6.61 Å². The molecule has 2 amide bonds. The monoisotopic (exact) mass is 374 g/mol. The van der Waals surface area contributed by atoms with Crippen molar-refractivity contribution in [1.82, 2.24) is 10.9 Å². The first-order valence-corrected chi connectivity index (χ1v) is 9.93. The topological polar surface area (TPSA) is 84.5 Å². The summed E-state index contributed by atoms with van der Waals surface area (Å²) >= 11 is 0. The summed E-state index contributed by atoms with van der Waals surface area (Å²) in [7, 11) is 0. The number of rotatable bonds is 9. The van der Waals surface area contributed by atoms with Crippen LogP contribution in [0.5, 0.6) is 0 Å². The zero-order valence-corrected chi connectivity index (χ0v) is 15.9. The minimum Gasteiger partial charge on any atom is -0.466 e. The van der Waals surface area contributed by atoms with Crippen LogP contribution in [-0.2, 0) is 25.5 Å². The molecule has 0 heterocycles. The molecule has 1 aromatic rings. The van der Waals surface area contributed by atoms with Gasteiger partial charge in [-0.3, -0.25) is 25.2 Å². The van der Waals surface area contributed by atoms with E-state index in [0.29, 0.717) is 13.0 Å². The molecule has 2 rings (SSSR count). The number of carbonyl (C=O) groups excluding carboxylic acids is 3. The lowest BCUT2D eigenvalue weighted by Gasteiger charge is -2.20. The number of esters is 1. The molecule has 1 aliphatic rings. The van der Waals surface area contributed by atoms with Gasteiger partial charge in [-0.15, -0.1) is 0 Å². The predicted octanol–water partition coefficient (Wildman–Crippen LogP) is 3.06. The molecule has 0 aliphatic heterocycles. The summed E-state index contributed by atoms with van der Waals surface area (Å²) in [4.78, 5) is 35.4. The second-order valence-electron chi connectivity index (χ2n) is 7.04. The summed E-state index contributed by atoms with van der Waals surface area (Å²) in [5, 5.41) is 0. The van der Waals surface area contributed by atoms with Crippen LogP contribution < -0.4 is 10.9 Å². The summed E-state index contributed by atoms with van der Waals surface area (Å²) in [6.45, 7) is 0.386. The number of carbonyl (C=O) groups is 3. The number of amides is 2. The third-order valence-corrected chi connectivity index (χ3v) is 4.80. The average Bonchev–Trinajstić information content (AvgIpc) is 2.71. The SMILES string of the molecule is O=C(CCCC(=O)OCCCc1ccccc1)NNC(=O)C1CCCCC1. The summed E-state index contributed by atoms with van der Waals surface area (Å²) in [5.74, 6) is -0.677. The first-order valence-electron chi connectivity index (χ1n) is 9.93. The Hall–Kier alpha value is -2.37. The zero-order valence-electron chi connectivity index (χ0n) is 15.9. The lowest BCUT2D eigenvalue weighted by Crippen LogP contribution is -2.44. The van der Waals surface area contributed by atoms with Crippen LogP contribution in [0.2, 0.25) is 0 Å². The molecule has 27 heavy (non-hydrogen) atoms. The summed E-state index contributed by atoms with van der Waals surface area (Å²) < 4.78 is 5.18. The second-order valence-corrected chi connectivity index (χ2v) is 7.04. The van der Waals surface area contributed by atoms with Crippen molar-refractivity contribution >= 4 is 17.8 Å². The maximum atomic E-state index is 11.9. The van der Waals surface area contributed by atoms with Gasteiger partial charge >= 0.3 is 5.97 Å². The fraction of sp³-hybridized carbons (Fsp3) is 0.571. The van der Waals surface area contributed by atoms with Crippen molar-refractivity contribution in [3.8, 4) is 0 Å². The fourth-order valence-corrected chi connectivity index (χ4v) is 3.23. The summed E-state index contributed by atoms with van der Waals surface area (Å²) in [6.07, 6.45) is 7.54. The van der Waals surface area contributed by atoms with E-state index in [-0.39, 0.29) is 36.5 Å². The average molecular weight is 374 g/mol. The zero-order chi connectivity index (χ0) is 19.3. The van der Waals surface area contributed by atoms with E-state index in [4.69, 9.17) is 4.74 Å². The molecule has 1 aromatic carbocycles. The van der Waals surface area contributed by atoms with E-state index < -0.39 is 0 Å². The van der Waals surface area contributed by atoms with Crippen LogP contribution in [-0.4, -0.2) is 24.4 Å². The number of hydrazine groups is 1. The molecular formula is C21H30N2O4. The van der Waals surface area contributed by atoms with Crippen LogP contribution in [0.3, 0.4) is 0 Å². The Bertz CT molecular complexity index is 597. The first kappa shape index (κ1) is 20.9. The molecular weight excluding hydrogens is 344 g/mol. The first-order chi connectivity index (χ1) is 13.1. The minimum absolute atomic E-state index is 0.00455. The van der Waals surface area contributed by atoms with Crippen molar-refractivity contribution in [3.63, 3.8) is 0 Å². The molecule has 6 heteroatoms. The molecule has 1 aliphatic carbocycles. The van der Waals surface area contributed by atoms with Crippen molar-refractivity contribution in [1.29, 1.82) is 0 Å². The number of aryl methyl sites for hydroxylation is 1. The van der Waals surface area contributed by atoms with Gasteiger partial charge < -0.3 is 4.74 Å². The van der Waals surface area contributed by atoms with Crippen LogP contribution in [0.4, 0.5) is 0 Å². The van der Waals surface area contributed by atoms with Gasteiger partial charge in [0, 0.05) is 18.8 Å². The highest BCUT2D eigenvalue weighted by atomic mass is 16.5. The Morgan fingerprint density at radius 3 is 2.41 bits per heavy atom. The molecule has 0 aromatic heterocycles. The Kier molecular flexibility index (Phi) is 9.38. The van der Waals surface area contributed by atoms with Gasteiger partial charge in [-0.25, -0.2) is 0 Å². The molecule has 0 radical (unpaired) electrons. The highest BCUT2D eigenvalue weighted by Gasteiger charge is 2.21. The fourth-order valence-electron chi connectivity index (χ4n) is 3.23. The molecule has 0 bridgehead atoms. The van der Waals surface area contributed by atoms with E-state index in [1.165, 1.54) is 12.0 Å². The van der Waals surface area contributed by atoms with Crippen molar-refractivity contribution in [2.24, 2.45) is 5.92 Å². The number of hydrogen-bond donors (Lipinski definition) is 2. The van der Waals surface area contributed by atoms with Gasteiger partial charge in [-0.05, 0) is 37.7 Å². The normalized spacial score (nSPS) is 14.4. The van der Waals surface area contributed by atoms with Crippen LogP contribution in [0, 0.1) is 5.92 Å². The maximum Gasteiger partial charge on any atom is 0.305 e. The van der Waals surface area contributed by atoms with E-state index in [9.17, 15) is 14.4 Å². The smallest absolute Gasteiger partial charge is 0.305 e. The lowest BCUT2D eigenvalue weighted by molar-refractivity contribution is -0.144. The number of ether oxygens (including phenoxy) is 1. The van der Waals surface area contributed by atoms with Gasteiger partial charge in [0.25, 0.3) is 0 Å². The number of nitrogens with one attached hydrogen (secondary N) is 2. The van der Waals surface area contributed by atoms with E-state index in [1.807, 2.05) is 30.3 Å². The highest BCUT2D eigenvalue weighted by molar-refractivity contribution is 5.83. The largest absolute Gasteiger partial charge is 0.466 e. The third-order valence-electron chi connectivity index (χ3n) is 4.80. The van der Waals surface area contributed by atoms with Gasteiger partial charge in [0.05, 0.1) is 6.61 Å². The molecule has 148 valence electrons. The van der Waals surface area contributed by atoms with Gasteiger partial charge in [-0.2, -0.15) is 0 Å². The molecule has 6 nitrogen and oxygen atoms in total. The van der Waals surface area contributed by atoms with Gasteiger partial charge in [0.2, 0.25) is 11.8 Å². The number of hydrogen-bond acceptors (Lipinski definition) is 4. The maximum absolute atomic E-state index is 11.9. The van der Waals surface area contributed by atoms with E-state index in [1.54, 1.807) is 0 Å². The van der Waals surface area contributed by atoms with E-state index >= 15 is 0 Å². The standard InChI is InChI=1S/C21H30N2O4/c24-19(22-23-21(26)18-12-5-2-6-13-18)14-7-15-20(25)27-16-8-11-17-9-3-1-4-10-17/h1,3-4,9-10,18H,2,5-8,11-16H2,(H,22,24)(H,23,26). The van der Waals surface area contributed by atoms with Crippen LogP contribution in [0.1, 0.15) is 63.4 Å². The molecule has 1 fully saturated rings. The van der Waals surface area contributed by atoms with Gasteiger partial charge in [0.1, 0.15) is 0 Å². The molecule has 0 spiro atoms. The van der Waals surface area contributed by atoms with E-state index in [2.05, 4.69) is 10.9 Å². The molecule has 0 atom stereocenters.